The zero-order valence-electron chi connectivity index (χ0n) is 14.3. The van der Waals surface area contributed by atoms with E-state index >= 15 is 0 Å². The first-order valence-corrected chi connectivity index (χ1v) is 9.03. The van der Waals surface area contributed by atoms with Crippen LogP contribution < -0.4 is 10.2 Å². The summed E-state index contributed by atoms with van der Waals surface area (Å²) in [5.41, 5.74) is 1.14. The fourth-order valence-electron chi connectivity index (χ4n) is 3.46. The van der Waals surface area contributed by atoms with Gasteiger partial charge in [-0.05, 0) is 19.3 Å². The summed E-state index contributed by atoms with van der Waals surface area (Å²) in [6.07, 6.45) is 9.40. The molecule has 4 heterocycles. The highest BCUT2D eigenvalue weighted by Crippen LogP contribution is 2.16. The van der Waals surface area contributed by atoms with E-state index in [9.17, 15) is 0 Å². The molecule has 0 radical (unpaired) electrons. The molecule has 0 unspecified atom stereocenters. The lowest BCUT2D eigenvalue weighted by molar-refractivity contribution is 0.357. The molecule has 0 saturated carbocycles. The molecule has 2 aliphatic rings. The molecule has 2 aromatic rings. The Morgan fingerprint density at radius 1 is 1.21 bits per heavy atom. The minimum absolute atomic E-state index is 0.433. The molecule has 7 heteroatoms. The van der Waals surface area contributed by atoms with Gasteiger partial charge in [-0.1, -0.05) is 6.92 Å². The first-order valence-electron chi connectivity index (χ1n) is 9.03. The summed E-state index contributed by atoms with van der Waals surface area (Å²) in [6.45, 7) is 5.97. The van der Waals surface area contributed by atoms with E-state index in [1.807, 2.05) is 12.4 Å². The minimum atomic E-state index is 0.433. The van der Waals surface area contributed by atoms with Crippen LogP contribution in [-0.2, 0) is 25.9 Å². The SMILES string of the molecule is CCc1nc2n(n1)C[C@H](NCc1cnc(N3CCCC3)nc1)CC2. The quantitative estimate of drug-likeness (QED) is 0.893. The molecule has 0 amide bonds. The van der Waals surface area contributed by atoms with Gasteiger partial charge in [0.05, 0.1) is 6.54 Å². The van der Waals surface area contributed by atoms with Crippen LogP contribution in [0.4, 0.5) is 5.95 Å². The van der Waals surface area contributed by atoms with Crippen molar-refractivity contribution in [1.82, 2.24) is 30.0 Å². The maximum Gasteiger partial charge on any atom is 0.225 e. The Bertz CT molecular complexity index is 673. The second-order valence-corrected chi connectivity index (χ2v) is 6.68. The zero-order valence-corrected chi connectivity index (χ0v) is 14.3. The molecule has 1 fully saturated rings. The van der Waals surface area contributed by atoms with Gasteiger partial charge in [0.2, 0.25) is 5.95 Å². The average Bonchev–Trinajstić information content (AvgIpc) is 3.29. The second kappa shape index (κ2) is 6.84. The van der Waals surface area contributed by atoms with Crippen LogP contribution in [0.25, 0.3) is 0 Å². The monoisotopic (exact) mass is 327 g/mol. The lowest BCUT2D eigenvalue weighted by Gasteiger charge is -2.23. The summed E-state index contributed by atoms with van der Waals surface area (Å²) in [7, 11) is 0. The lowest BCUT2D eigenvalue weighted by atomic mass is 10.1. The predicted octanol–water partition coefficient (Wildman–Crippen LogP) is 1.34. The molecule has 2 aliphatic heterocycles. The smallest absolute Gasteiger partial charge is 0.225 e. The third-order valence-electron chi connectivity index (χ3n) is 4.89. The fourth-order valence-corrected chi connectivity index (χ4v) is 3.46. The number of nitrogens with one attached hydrogen (secondary N) is 1. The van der Waals surface area contributed by atoms with Gasteiger partial charge in [0.25, 0.3) is 0 Å². The molecule has 0 aromatic carbocycles. The highest BCUT2D eigenvalue weighted by molar-refractivity contribution is 5.30. The fraction of sp³-hybridized carbons (Fsp3) is 0.647. The van der Waals surface area contributed by atoms with Crippen LogP contribution >= 0.6 is 0 Å². The number of rotatable bonds is 5. The van der Waals surface area contributed by atoms with Gasteiger partial charge in [-0.15, -0.1) is 0 Å². The number of aromatic nitrogens is 5. The summed E-state index contributed by atoms with van der Waals surface area (Å²) >= 11 is 0. The summed E-state index contributed by atoms with van der Waals surface area (Å²) < 4.78 is 2.06. The molecule has 128 valence electrons. The summed E-state index contributed by atoms with van der Waals surface area (Å²) in [5.74, 6) is 2.95. The van der Waals surface area contributed by atoms with Crippen molar-refractivity contribution < 1.29 is 0 Å². The Labute approximate surface area is 142 Å². The Kier molecular flexibility index (Phi) is 4.42. The first kappa shape index (κ1) is 15.5. The predicted molar refractivity (Wildman–Crippen MR) is 91.8 cm³/mol. The topological polar surface area (TPSA) is 71.8 Å². The number of aryl methyl sites for hydroxylation is 2. The van der Waals surface area contributed by atoms with Crippen molar-refractivity contribution >= 4 is 5.95 Å². The Morgan fingerprint density at radius 2 is 2.00 bits per heavy atom. The van der Waals surface area contributed by atoms with Gasteiger partial charge in [0, 0.05) is 56.5 Å². The van der Waals surface area contributed by atoms with Gasteiger partial charge >= 0.3 is 0 Å². The molecule has 24 heavy (non-hydrogen) atoms. The van der Waals surface area contributed by atoms with Crippen LogP contribution in [-0.4, -0.2) is 43.9 Å². The third kappa shape index (κ3) is 3.26. The highest BCUT2D eigenvalue weighted by atomic mass is 15.4. The molecule has 0 spiro atoms. The van der Waals surface area contributed by atoms with Crippen molar-refractivity contribution in [3.8, 4) is 0 Å². The normalized spacial score (nSPS) is 20.4. The van der Waals surface area contributed by atoms with E-state index in [4.69, 9.17) is 0 Å². The number of anilines is 1. The van der Waals surface area contributed by atoms with E-state index in [0.717, 1.165) is 68.6 Å². The summed E-state index contributed by atoms with van der Waals surface area (Å²) in [5, 5.41) is 8.18. The van der Waals surface area contributed by atoms with Crippen LogP contribution in [0.5, 0.6) is 0 Å². The Hall–Kier alpha value is -2.02. The van der Waals surface area contributed by atoms with E-state index < -0.39 is 0 Å². The van der Waals surface area contributed by atoms with Crippen molar-refractivity contribution in [2.75, 3.05) is 18.0 Å². The van der Waals surface area contributed by atoms with Gasteiger partial charge in [-0.2, -0.15) is 5.10 Å². The van der Waals surface area contributed by atoms with Crippen molar-refractivity contribution in [2.45, 2.75) is 58.2 Å². The van der Waals surface area contributed by atoms with E-state index in [0.29, 0.717) is 6.04 Å². The van der Waals surface area contributed by atoms with E-state index in [2.05, 4.69) is 41.9 Å². The molecule has 1 saturated heterocycles. The molecule has 0 aliphatic carbocycles. The number of hydrogen-bond acceptors (Lipinski definition) is 6. The molecule has 4 rings (SSSR count). The number of hydrogen-bond donors (Lipinski definition) is 1. The molecule has 2 aromatic heterocycles. The third-order valence-corrected chi connectivity index (χ3v) is 4.89. The van der Waals surface area contributed by atoms with E-state index in [1.54, 1.807) is 0 Å². The van der Waals surface area contributed by atoms with Gasteiger partial charge in [0.1, 0.15) is 5.82 Å². The molecule has 1 N–H and O–H groups in total. The Morgan fingerprint density at radius 3 is 2.75 bits per heavy atom. The average molecular weight is 327 g/mol. The molecule has 0 bridgehead atoms. The van der Waals surface area contributed by atoms with Gasteiger partial charge in [0.15, 0.2) is 5.82 Å². The van der Waals surface area contributed by atoms with Gasteiger partial charge < -0.3 is 10.2 Å². The van der Waals surface area contributed by atoms with Gasteiger partial charge in [-0.25, -0.2) is 19.6 Å². The highest BCUT2D eigenvalue weighted by Gasteiger charge is 2.21. The maximum atomic E-state index is 4.57. The summed E-state index contributed by atoms with van der Waals surface area (Å²) in [6, 6.07) is 0.433. The van der Waals surface area contributed by atoms with E-state index in [1.165, 1.54) is 12.8 Å². The summed E-state index contributed by atoms with van der Waals surface area (Å²) in [4.78, 5) is 15.9. The zero-order chi connectivity index (χ0) is 16.4. The van der Waals surface area contributed by atoms with Crippen LogP contribution in [0.15, 0.2) is 12.4 Å². The van der Waals surface area contributed by atoms with Crippen LogP contribution in [0.3, 0.4) is 0 Å². The van der Waals surface area contributed by atoms with Crippen molar-refractivity contribution in [3.05, 3.63) is 29.6 Å². The largest absolute Gasteiger partial charge is 0.341 e. The number of nitrogens with zero attached hydrogens (tertiary/aromatic N) is 6. The number of fused-ring (bicyclic) bond motifs is 1. The van der Waals surface area contributed by atoms with Gasteiger partial charge in [-0.3, -0.25) is 0 Å². The van der Waals surface area contributed by atoms with Crippen LogP contribution in [0.2, 0.25) is 0 Å². The van der Waals surface area contributed by atoms with Crippen LogP contribution in [0, 0.1) is 0 Å². The minimum Gasteiger partial charge on any atom is -0.341 e. The second-order valence-electron chi connectivity index (χ2n) is 6.68. The molecular formula is C17H25N7. The van der Waals surface area contributed by atoms with E-state index in [-0.39, 0.29) is 0 Å². The lowest BCUT2D eigenvalue weighted by Crippen LogP contribution is -2.37. The van der Waals surface area contributed by atoms with Crippen LogP contribution in [0.1, 0.15) is 43.4 Å². The molecular weight excluding hydrogens is 302 g/mol. The first-order chi connectivity index (χ1) is 11.8. The molecule has 7 nitrogen and oxygen atoms in total. The maximum absolute atomic E-state index is 4.57. The molecule has 1 atom stereocenters. The standard InChI is InChI=1S/C17H25N7/c1-2-15-21-16-6-5-14(12-24(16)22-15)18-9-13-10-19-17(20-11-13)23-7-3-4-8-23/h10-11,14,18H,2-9,12H2,1H3/t14-/m1/s1. The van der Waals surface area contributed by atoms with Crippen molar-refractivity contribution in [1.29, 1.82) is 0 Å². The Balaban J connectivity index is 1.32. The van der Waals surface area contributed by atoms with Crippen molar-refractivity contribution in [3.63, 3.8) is 0 Å². The van der Waals surface area contributed by atoms with Crippen molar-refractivity contribution in [2.24, 2.45) is 0 Å².